The zero-order chi connectivity index (χ0) is 16.5. The Hall–Kier alpha value is -1.49. The van der Waals surface area contributed by atoms with Crippen LogP contribution in [0, 0.1) is 5.41 Å². The Morgan fingerprint density at radius 2 is 2.22 bits per heavy atom. The molecule has 0 radical (unpaired) electrons. The van der Waals surface area contributed by atoms with Gasteiger partial charge in [0.05, 0.1) is 18.9 Å². The molecular formula is C18H31N3O2. The number of hydrogen-bond acceptors (Lipinski definition) is 3. The van der Waals surface area contributed by atoms with Gasteiger partial charge in [-0.3, -0.25) is 4.99 Å². The Bertz CT molecular complexity index is 473. The average Bonchev–Trinajstić information content (AvgIpc) is 3.06. The van der Waals surface area contributed by atoms with E-state index in [0.717, 1.165) is 56.9 Å². The van der Waals surface area contributed by atoms with Gasteiger partial charge in [-0.05, 0) is 31.4 Å². The number of furan rings is 1. The molecule has 2 rings (SSSR count). The van der Waals surface area contributed by atoms with E-state index in [1.54, 1.807) is 6.26 Å². The third-order valence-corrected chi connectivity index (χ3v) is 4.66. The van der Waals surface area contributed by atoms with Crippen LogP contribution in [0.1, 0.15) is 51.7 Å². The van der Waals surface area contributed by atoms with Crippen molar-refractivity contribution >= 4 is 5.96 Å². The summed E-state index contributed by atoms with van der Waals surface area (Å²) in [6.07, 6.45) is 7.61. The fourth-order valence-electron chi connectivity index (χ4n) is 3.00. The van der Waals surface area contributed by atoms with Gasteiger partial charge in [-0.2, -0.15) is 0 Å². The van der Waals surface area contributed by atoms with Gasteiger partial charge in [-0.25, -0.2) is 0 Å². The van der Waals surface area contributed by atoms with Crippen molar-refractivity contribution in [2.24, 2.45) is 10.4 Å². The standard InChI is InChI=1S/C18H31N3O2/c1-3-11-19-17(20-12-9-15-7-6-13-23-15)21-14-18(2)10-5-4-8-16(18)22/h6-7,13,16,22H,3-5,8-12,14H2,1-2H3,(H2,19,20,21). The summed E-state index contributed by atoms with van der Waals surface area (Å²) >= 11 is 0. The van der Waals surface area contributed by atoms with E-state index in [2.05, 4.69) is 24.5 Å². The van der Waals surface area contributed by atoms with Crippen molar-refractivity contribution < 1.29 is 9.52 Å². The van der Waals surface area contributed by atoms with Crippen LogP contribution in [-0.2, 0) is 6.42 Å². The number of nitrogens with zero attached hydrogens (tertiary/aromatic N) is 1. The number of aliphatic hydroxyl groups excluding tert-OH is 1. The molecule has 0 amide bonds. The highest BCUT2D eigenvalue weighted by Gasteiger charge is 2.35. The molecule has 2 atom stereocenters. The van der Waals surface area contributed by atoms with E-state index in [0.29, 0.717) is 6.54 Å². The molecule has 1 saturated carbocycles. The second-order valence-corrected chi connectivity index (χ2v) is 6.76. The second-order valence-electron chi connectivity index (χ2n) is 6.76. The predicted octanol–water partition coefficient (Wildman–Crippen LogP) is 2.71. The minimum absolute atomic E-state index is 0.0971. The Morgan fingerprint density at radius 1 is 1.39 bits per heavy atom. The Morgan fingerprint density at radius 3 is 2.91 bits per heavy atom. The first-order valence-corrected chi connectivity index (χ1v) is 8.86. The Kier molecular flexibility index (Phi) is 6.96. The van der Waals surface area contributed by atoms with E-state index in [1.807, 2.05) is 12.1 Å². The van der Waals surface area contributed by atoms with Gasteiger partial charge in [0, 0.05) is 24.9 Å². The minimum Gasteiger partial charge on any atom is -0.469 e. The fraction of sp³-hybridized carbons (Fsp3) is 0.722. The summed E-state index contributed by atoms with van der Waals surface area (Å²) in [6.45, 7) is 6.63. The van der Waals surface area contributed by atoms with Crippen LogP contribution in [0.4, 0.5) is 0 Å². The van der Waals surface area contributed by atoms with Gasteiger partial charge < -0.3 is 20.2 Å². The Balaban J connectivity index is 1.87. The lowest BCUT2D eigenvalue weighted by atomic mass is 9.73. The first-order valence-electron chi connectivity index (χ1n) is 8.86. The maximum absolute atomic E-state index is 10.3. The van der Waals surface area contributed by atoms with E-state index in [-0.39, 0.29) is 11.5 Å². The molecule has 1 aliphatic carbocycles. The van der Waals surface area contributed by atoms with Gasteiger partial charge in [0.1, 0.15) is 5.76 Å². The highest BCUT2D eigenvalue weighted by atomic mass is 16.3. The zero-order valence-electron chi connectivity index (χ0n) is 14.5. The number of aliphatic imine (C=N–C) groups is 1. The maximum Gasteiger partial charge on any atom is 0.191 e. The molecule has 23 heavy (non-hydrogen) atoms. The van der Waals surface area contributed by atoms with Crippen LogP contribution in [0.2, 0.25) is 0 Å². The largest absolute Gasteiger partial charge is 0.469 e. The quantitative estimate of drug-likeness (QED) is 0.533. The van der Waals surface area contributed by atoms with Crippen molar-refractivity contribution in [3.63, 3.8) is 0 Å². The molecule has 0 spiro atoms. The van der Waals surface area contributed by atoms with Crippen molar-refractivity contribution in [1.29, 1.82) is 0 Å². The van der Waals surface area contributed by atoms with Crippen LogP contribution in [0.15, 0.2) is 27.8 Å². The van der Waals surface area contributed by atoms with E-state index in [9.17, 15) is 5.11 Å². The summed E-state index contributed by atoms with van der Waals surface area (Å²) in [6, 6.07) is 3.89. The highest BCUT2D eigenvalue weighted by Crippen LogP contribution is 2.36. The molecule has 1 aromatic heterocycles. The fourth-order valence-corrected chi connectivity index (χ4v) is 3.00. The second kappa shape index (κ2) is 8.96. The van der Waals surface area contributed by atoms with Crippen molar-refractivity contribution in [1.82, 2.24) is 10.6 Å². The molecule has 0 aromatic carbocycles. The Labute approximate surface area is 139 Å². The van der Waals surface area contributed by atoms with Crippen molar-refractivity contribution in [3.05, 3.63) is 24.2 Å². The zero-order valence-corrected chi connectivity index (χ0v) is 14.5. The van der Waals surface area contributed by atoms with Crippen molar-refractivity contribution in [3.8, 4) is 0 Å². The van der Waals surface area contributed by atoms with Gasteiger partial charge in [0.2, 0.25) is 0 Å². The molecule has 1 aromatic rings. The van der Waals surface area contributed by atoms with Crippen molar-refractivity contribution in [2.45, 2.75) is 58.5 Å². The molecule has 5 heteroatoms. The molecule has 0 bridgehead atoms. The number of aliphatic hydroxyl groups is 1. The lowest BCUT2D eigenvalue weighted by molar-refractivity contribution is 0.00716. The summed E-state index contributed by atoms with van der Waals surface area (Å²) in [5.74, 6) is 1.81. The number of nitrogens with one attached hydrogen (secondary N) is 2. The number of guanidine groups is 1. The summed E-state index contributed by atoms with van der Waals surface area (Å²) in [4.78, 5) is 4.73. The summed E-state index contributed by atoms with van der Waals surface area (Å²) in [7, 11) is 0. The van der Waals surface area contributed by atoms with Gasteiger partial charge >= 0.3 is 0 Å². The molecule has 0 saturated heterocycles. The molecular weight excluding hydrogens is 290 g/mol. The molecule has 1 fully saturated rings. The highest BCUT2D eigenvalue weighted by molar-refractivity contribution is 5.79. The first-order chi connectivity index (χ1) is 11.1. The van der Waals surface area contributed by atoms with Crippen molar-refractivity contribution in [2.75, 3.05) is 19.6 Å². The molecule has 3 N–H and O–H groups in total. The van der Waals surface area contributed by atoms with Gasteiger partial charge in [-0.15, -0.1) is 0 Å². The van der Waals surface area contributed by atoms with Gasteiger partial charge in [-0.1, -0.05) is 26.7 Å². The monoisotopic (exact) mass is 321 g/mol. The topological polar surface area (TPSA) is 69.8 Å². The SMILES string of the molecule is CCCNC(=NCC1(C)CCCCC1O)NCCc1ccco1. The third-order valence-electron chi connectivity index (χ3n) is 4.66. The first kappa shape index (κ1) is 17.9. The summed E-state index contributed by atoms with van der Waals surface area (Å²) < 4.78 is 5.35. The van der Waals surface area contributed by atoms with E-state index < -0.39 is 0 Å². The summed E-state index contributed by atoms with van der Waals surface area (Å²) in [5, 5.41) is 17.0. The molecule has 2 unspecified atom stereocenters. The smallest absolute Gasteiger partial charge is 0.191 e. The van der Waals surface area contributed by atoms with Crippen LogP contribution in [0.5, 0.6) is 0 Å². The molecule has 5 nitrogen and oxygen atoms in total. The lowest BCUT2D eigenvalue weighted by Gasteiger charge is -2.37. The third kappa shape index (κ3) is 5.57. The van der Waals surface area contributed by atoms with Crippen LogP contribution in [0.3, 0.4) is 0 Å². The molecule has 0 aliphatic heterocycles. The van der Waals surface area contributed by atoms with Gasteiger partial charge in [0.15, 0.2) is 5.96 Å². The molecule has 1 heterocycles. The van der Waals surface area contributed by atoms with Crippen LogP contribution in [0.25, 0.3) is 0 Å². The van der Waals surface area contributed by atoms with E-state index >= 15 is 0 Å². The van der Waals surface area contributed by atoms with Crippen LogP contribution in [-0.4, -0.2) is 36.8 Å². The molecule has 1 aliphatic rings. The lowest BCUT2D eigenvalue weighted by Crippen LogP contribution is -2.42. The number of hydrogen-bond donors (Lipinski definition) is 3. The van der Waals surface area contributed by atoms with E-state index in [4.69, 9.17) is 9.41 Å². The maximum atomic E-state index is 10.3. The normalized spacial score (nSPS) is 25.3. The van der Waals surface area contributed by atoms with Gasteiger partial charge in [0.25, 0.3) is 0 Å². The predicted molar refractivity (Wildman–Crippen MR) is 93.6 cm³/mol. The van der Waals surface area contributed by atoms with E-state index in [1.165, 1.54) is 6.42 Å². The van der Waals surface area contributed by atoms with Crippen LogP contribution < -0.4 is 10.6 Å². The minimum atomic E-state index is -0.240. The molecule has 130 valence electrons. The number of rotatable bonds is 7. The summed E-state index contributed by atoms with van der Waals surface area (Å²) in [5.41, 5.74) is -0.0971. The van der Waals surface area contributed by atoms with Crippen LogP contribution >= 0.6 is 0 Å². The average molecular weight is 321 g/mol.